The summed E-state index contributed by atoms with van der Waals surface area (Å²) in [6.45, 7) is 0.994. The second-order valence-corrected chi connectivity index (χ2v) is 5.55. The molecule has 0 aromatic heterocycles. The molecule has 0 aliphatic heterocycles. The third kappa shape index (κ3) is 5.75. The van der Waals surface area contributed by atoms with Crippen LogP contribution in [-0.2, 0) is 27.2 Å². The van der Waals surface area contributed by atoms with Gasteiger partial charge in [0.15, 0.2) is 6.61 Å². The van der Waals surface area contributed by atoms with E-state index in [0.29, 0.717) is 5.02 Å². The number of carbonyl (C=O) groups is 2. The summed E-state index contributed by atoms with van der Waals surface area (Å²) < 4.78 is 4.69. The van der Waals surface area contributed by atoms with Crippen LogP contribution in [-0.4, -0.2) is 18.5 Å². The van der Waals surface area contributed by atoms with Crippen LogP contribution in [0.4, 0.5) is 5.69 Å². The first kappa shape index (κ1) is 17.0. The molecule has 0 fully saturated rings. The summed E-state index contributed by atoms with van der Waals surface area (Å²) in [6, 6.07) is 15.3. The molecule has 4 nitrogen and oxygen atoms in total. The van der Waals surface area contributed by atoms with Gasteiger partial charge in [-0.15, -0.1) is 0 Å². The van der Waals surface area contributed by atoms with Crippen LogP contribution in [0.5, 0.6) is 0 Å². The highest BCUT2D eigenvalue weighted by Gasteiger charge is 2.08. The van der Waals surface area contributed by atoms with Gasteiger partial charge in [0.05, 0.1) is 0 Å². The number of hydrogen-bond donors (Lipinski definition) is 1. The van der Waals surface area contributed by atoms with Crippen molar-refractivity contribution in [1.29, 1.82) is 0 Å². The SMILES string of the molecule is CC(=O)OCC(=O)Nc1ccccc1CCc1ccc(Cl)cc1. The average molecular weight is 332 g/mol. The Labute approximate surface area is 140 Å². The number of ether oxygens (including phenoxy) is 1. The van der Waals surface area contributed by atoms with Crippen molar-refractivity contribution in [3.8, 4) is 0 Å². The number of nitrogens with one attached hydrogen (secondary N) is 1. The molecule has 0 aliphatic carbocycles. The third-order valence-corrected chi connectivity index (χ3v) is 3.55. The number of halogens is 1. The summed E-state index contributed by atoms with van der Waals surface area (Å²) in [5.41, 5.74) is 2.94. The fourth-order valence-electron chi connectivity index (χ4n) is 2.14. The second kappa shape index (κ2) is 8.34. The highest BCUT2D eigenvalue weighted by molar-refractivity contribution is 6.30. The predicted molar refractivity (Wildman–Crippen MR) is 90.6 cm³/mol. The maximum absolute atomic E-state index is 11.8. The summed E-state index contributed by atoms with van der Waals surface area (Å²) in [4.78, 5) is 22.5. The molecule has 23 heavy (non-hydrogen) atoms. The third-order valence-electron chi connectivity index (χ3n) is 3.29. The van der Waals surface area contributed by atoms with Gasteiger partial charge in [0.2, 0.25) is 0 Å². The van der Waals surface area contributed by atoms with Gasteiger partial charge >= 0.3 is 5.97 Å². The fraction of sp³-hybridized carbons (Fsp3) is 0.222. The van der Waals surface area contributed by atoms with Gasteiger partial charge in [-0.2, -0.15) is 0 Å². The number of aryl methyl sites for hydroxylation is 2. The Morgan fingerprint density at radius 2 is 1.74 bits per heavy atom. The molecule has 5 heteroatoms. The van der Waals surface area contributed by atoms with E-state index in [1.165, 1.54) is 12.5 Å². The van der Waals surface area contributed by atoms with Gasteiger partial charge in [-0.05, 0) is 42.2 Å². The number of amides is 1. The number of para-hydroxylation sites is 1. The first-order valence-electron chi connectivity index (χ1n) is 7.30. The lowest BCUT2D eigenvalue weighted by atomic mass is 10.0. The lowest BCUT2D eigenvalue weighted by Crippen LogP contribution is -2.20. The number of benzene rings is 2. The van der Waals surface area contributed by atoms with E-state index in [9.17, 15) is 9.59 Å². The van der Waals surface area contributed by atoms with Gasteiger partial charge < -0.3 is 10.1 Å². The van der Waals surface area contributed by atoms with Gasteiger partial charge in [0, 0.05) is 17.6 Å². The zero-order valence-electron chi connectivity index (χ0n) is 12.8. The molecule has 0 saturated carbocycles. The standard InChI is InChI=1S/C18H18ClNO3/c1-13(21)23-12-18(22)20-17-5-3-2-4-15(17)9-6-14-7-10-16(19)11-8-14/h2-5,7-8,10-11H,6,9,12H2,1H3,(H,20,22). The molecule has 0 atom stereocenters. The van der Waals surface area contributed by atoms with E-state index in [4.69, 9.17) is 16.3 Å². The van der Waals surface area contributed by atoms with E-state index in [1.54, 1.807) is 0 Å². The van der Waals surface area contributed by atoms with E-state index in [-0.39, 0.29) is 12.5 Å². The van der Waals surface area contributed by atoms with E-state index in [2.05, 4.69) is 5.32 Å². The van der Waals surface area contributed by atoms with E-state index >= 15 is 0 Å². The van der Waals surface area contributed by atoms with Crippen LogP contribution >= 0.6 is 11.6 Å². The van der Waals surface area contributed by atoms with Crippen molar-refractivity contribution in [2.45, 2.75) is 19.8 Å². The van der Waals surface area contributed by atoms with E-state index in [0.717, 1.165) is 24.1 Å². The summed E-state index contributed by atoms with van der Waals surface area (Å²) >= 11 is 5.88. The molecular weight excluding hydrogens is 314 g/mol. The highest BCUT2D eigenvalue weighted by Crippen LogP contribution is 2.18. The normalized spacial score (nSPS) is 10.2. The molecule has 1 amide bonds. The minimum Gasteiger partial charge on any atom is -0.456 e. The van der Waals surface area contributed by atoms with Gasteiger partial charge in [0.1, 0.15) is 0 Å². The maximum atomic E-state index is 11.8. The van der Waals surface area contributed by atoms with Crippen molar-refractivity contribution in [2.75, 3.05) is 11.9 Å². The molecule has 1 N–H and O–H groups in total. The Bertz CT molecular complexity index is 683. The van der Waals surface area contributed by atoms with Crippen molar-refractivity contribution >= 4 is 29.2 Å². The molecule has 2 rings (SSSR count). The monoisotopic (exact) mass is 331 g/mol. The van der Waals surface area contributed by atoms with Gasteiger partial charge in [-0.1, -0.05) is 41.9 Å². The molecule has 120 valence electrons. The number of rotatable bonds is 6. The lowest BCUT2D eigenvalue weighted by Gasteiger charge is -2.11. The number of esters is 1. The maximum Gasteiger partial charge on any atom is 0.303 e. The molecule has 0 spiro atoms. The molecule has 0 saturated heterocycles. The predicted octanol–water partition coefficient (Wildman–Crippen LogP) is 3.63. The van der Waals surface area contributed by atoms with Crippen LogP contribution < -0.4 is 5.32 Å². The molecule has 0 bridgehead atoms. The summed E-state index contributed by atoms with van der Waals surface area (Å²) in [7, 11) is 0. The number of hydrogen-bond acceptors (Lipinski definition) is 3. The van der Waals surface area contributed by atoms with Gasteiger partial charge in [-0.3, -0.25) is 9.59 Å². The zero-order valence-corrected chi connectivity index (χ0v) is 13.6. The molecular formula is C18H18ClNO3. The van der Waals surface area contributed by atoms with Gasteiger partial charge in [-0.25, -0.2) is 0 Å². The topological polar surface area (TPSA) is 55.4 Å². The molecule has 0 radical (unpaired) electrons. The molecule has 0 aliphatic rings. The quantitative estimate of drug-likeness (QED) is 0.822. The number of carbonyl (C=O) groups excluding carboxylic acids is 2. The van der Waals surface area contributed by atoms with Crippen molar-refractivity contribution in [1.82, 2.24) is 0 Å². The van der Waals surface area contributed by atoms with Crippen molar-refractivity contribution in [2.24, 2.45) is 0 Å². The molecule has 2 aromatic rings. The molecule has 0 unspecified atom stereocenters. The summed E-state index contributed by atoms with van der Waals surface area (Å²) in [5.74, 6) is -0.824. The highest BCUT2D eigenvalue weighted by atomic mass is 35.5. The Kier molecular flexibility index (Phi) is 6.18. The first-order chi connectivity index (χ1) is 11.0. The average Bonchev–Trinajstić information content (AvgIpc) is 2.53. The van der Waals surface area contributed by atoms with Crippen molar-refractivity contribution in [3.63, 3.8) is 0 Å². The van der Waals surface area contributed by atoms with Crippen LogP contribution in [0.25, 0.3) is 0 Å². The smallest absolute Gasteiger partial charge is 0.303 e. The molecule has 2 aromatic carbocycles. The lowest BCUT2D eigenvalue weighted by molar-refractivity contribution is -0.144. The summed E-state index contributed by atoms with van der Waals surface area (Å²) in [5, 5.41) is 3.49. The Morgan fingerprint density at radius 1 is 1.04 bits per heavy atom. The van der Waals surface area contributed by atoms with Crippen LogP contribution in [0.1, 0.15) is 18.1 Å². The largest absolute Gasteiger partial charge is 0.456 e. The van der Waals surface area contributed by atoms with Crippen molar-refractivity contribution in [3.05, 3.63) is 64.7 Å². The minimum absolute atomic E-state index is 0.277. The van der Waals surface area contributed by atoms with Crippen LogP contribution in [0.2, 0.25) is 5.02 Å². The Balaban J connectivity index is 1.98. The molecule has 0 heterocycles. The first-order valence-corrected chi connectivity index (χ1v) is 7.68. The van der Waals surface area contributed by atoms with E-state index < -0.39 is 5.97 Å². The zero-order chi connectivity index (χ0) is 16.7. The fourth-order valence-corrected chi connectivity index (χ4v) is 2.27. The Morgan fingerprint density at radius 3 is 2.43 bits per heavy atom. The second-order valence-electron chi connectivity index (χ2n) is 5.11. The van der Waals surface area contributed by atoms with Crippen LogP contribution in [0.3, 0.4) is 0 Å². The summed E-state index contributed by atoms with van der Waals surface area (Å²) in [6.07, 6.45) is 1.62. The minimum atomic E-state index is -0.476. The Hall–Kier alpha value is -2.33. The van der Waals surface area contributed by atoms with Gasteiger partial charge in [0.25, 0.3) is 5.91 Å². The van der Waals surface area contributed by atoms with Crippen molar-refractivity contribution < 1.29 is 14.3 Å². The van der Waals surface area contributed by atoms with E-state index in [1.807, 2.05) is 48.5 Å². The van der Waals surface area contributed by atoms with Crippen LogP contribution in [0.15, 0.2) is 48.5 Å². The van der Waals surface area contributed by atoms with Crippen LogP contribution in [0, 0.1) is 0 Å². The number of anilines is 1.